The van der Waals surface area contributed by atoms with E-state index in [2.05, 4.69) is 0 Å². The van der Waals surface area contributed by atoms with Gasteiger partial charge in [0, 0.05) is 0 Å². The Balaban J connectivity index is 1.78. The molecule has 0 atom stereocenters. The molecule has 0 aliphatic rings. The van der Waals surface area contributed by atoms with E-state index in [1.807, 2.05) is 0 Å². The number of methoxy groups -OCH3 is 2. The van der Waals surface area contributed by atoms with Gasteiger partial charge >= 0.3 is 159 Å². The number of rotatable bonds is 4. The zero-order valence-electron chi connectivity index (χ0n) is 14.5. The molecule has 0 bridgehead atoms. The topological polar surface area (TPSA) is 78.9 Å². The van der Waals surface area contributed by atoms with Gasteiger partial charge in [-0.25, -0.2) is 0 Å². The van der Waals surface area contributed by atoms with Gasteiger partial charge in [0.25, 0.3) is 0 Å². The van der Waals surface area contributed by atoms with E-state index in [-0.39, 0.29) is 10.9 Å². The van der Waals surface area contributed by atoms with E-state index in [4.69, 9.17) is 18.3 Å². The van der Waals surface area contributed by atoms with Crippen LogP contribution in [0.2, 0.25) is 0 Å². The van der Waals surface area contributed by atoms with Crippen LogP contribution in [-0.4, -0.2) is 29.2 Å². The number of hydrogen-bond donors (Lipinski definition) is 0. The molecule has 0 N–H and O–H groups in total. The molecule has 0 aliphatic heterocycles. The fourth-order valence-corrected chi connectivity index (χ4v) is 4.45. The zero-order valence-corrected chi connectivity index (χ0v) is 16.2. The molecule has 0 spiro atoms. The van der Waals surface area contributed by atoms with Crippen LogP contribution in [-0.2, 0) is 0 Å². The summed E-state index contributed by atoms with van der Waals surface area (Å²) < 4.78 is 22.3. The van der Waals surface area contributed by atoms with Gasteiger partial charge in [-0.3, -0.25) is 0 Å². The molecule has 136 valence electrons. The van der Waals surface area contributed by atoms with Crippen LogP contribution in [0.15, 0.2) is 67.3 Å². The van der Waals surface area contributed by atoms with E-state index in [0.29, 0.717) is 42.4 Å². The summed E-state index contributed by atoms with van der Waals surface area (Å²) in [4.78, 5) is 25.5. The molecular formula is C20H14O6Se. The van der Waals surface area contributed by atoms with Gasteiger partial charge in [0.1, 0.15) is 0 Å². The molecule has 6 nitrogen and oxygen atoms in total. The second-order valence-corrected chi connectivity index (χ2v) is 7.96. The van der Waals surface area contributed by atoms with E-state index in [9.17, 15) is 9.59 Å². The second kappa shape index (κ2) is 6.95. The fraction of sp³-hybridized carbons (Fsp3) is 0.100. The number of ether oxygens (including phenoxy) is 2. The number of benzene rings is 2. The molecule has 2 aromatic carbocycles. The molecule has 0 saturated carbocycles. The molecule has 2 heterocycles. The minimum absolute atomic E-state index is 0.159. The molecule has 0 saturated heterocycles. The predicted molar refractivity (Wildman–Crippen MR) is 103 cm³/mol. The van der Waals surface area contributed by atoms with E-state index in [1.165, 1.54) is 12.5 Å². The van der Waals surface area contributed by atoms with Gasteiger partial charge < -0.3 is 0 Å². The number of fused-ring (bicyclic) bond motifs is 2. The van der Waals surface area contributed by atoms with Crippen LogP contribution in [0.25, 0.3) is 21.9 Å². The van der Waals surface area contributed by atoms with Crippen molar-refractivity contribution in [2.45, 2.75) is 0 Å². The molecule has 0 unspecified atom stereocenters. The average molecular weight is 429 g/mol. The van der Waals surface area contributed by atoms with Gasteiger partial charge in [0.05, 0.1) is 0 Å². The monoisotopic (exact) mass is 430 g/mol. The Kier molecular flexibility index (Phi) is 4.47. The molecule has 27 heavy (non-hydrogen) atoms. The summed E-state index contributed by atoms with van der Waals surface area (Å²) in [7, 11) is 3.09. The molecule has 2 aromatic heterocycles. The van der Waals surface area contributed by atoms with Crippen molar-refractivity contribution < 1.29 is 18.3 Å². The molecule has 0 radical (unpaired) electrons. The van der Waals surface area contributed by atoms with Crippen LogP contribution in [0.3, 0.4) is 0 Å². The van der Waals surface area contributed by atoms with Crippen molar-refractivity contribution in [2.24, 2.45) is 0 Å². The first-order valence-electron chi connectivity index (χ1n) is 7.97. The molecule has 0 aliphatic carbocycles. The van der Waals surface area contributed by atoms with Crippen molar-refractivity contribution >= 4 is 45.8 Å². The summed E-state index contributed by atoms with van der Waals surface area (Å²) in [5, 5.41) is 0.898. The van der Waals surface area contributed by atoms with Crippen molar-refractivity contribution in [1.82, 2.24) is 0 Å². The molecule has 7 heteroatoms. The van der Waals surface area contributed by atoms with Crippen molar-refractivity contribution in [3.05, 3.63) is 69.4 Å². The zero-order chi connectivity index (χ0) is 19.0. The number of hydrogen-bond acceptors (Lipinski definition) is 6. The van der Waals surface area contributed by atoms with Gasteiger partial charge in [-0.15, -0.1) is 0 Å². The maximum absolute atomic E-state index is 12.8. The van der Waals surface area contributed by atoms with Crippen molar-refractivity contribution in [2.75, 3.05) is 14.2 Å². The quantitative estimate of drug-likeness (QED) is 0.459. The molecular weight excluding hydrogens is 415 g/mol. The third-order valence-electron chi connectivity index (χ3n) is 4.12. The first-order chi connectivity index (χ1) is 13.1. The Bertz CT molecular complexity index is 1170. The van der Waals surface area contributed by atoms with E-state index in [0.717, 1.165) is 0 Å². The van der Waals surface area contributed by atoms with Crippen LogP contribution in [0.5, 0.6) is 11.5 Å². The summed E-state index contributed by atoms with van der Waals surface area (Å²) in [6, 6.07) is 10.0. The Morgan fingerprint density at radius 1 is 0.741 bits per heavy atom. The Morgan fingerprint density at radius 2 is 1.19 bits per heavy atom. The van der Waals surface area contributed by atoms with Crippen LogP contribution in [0.4, 0.5) is 0 Å². The Hall–Kier alpha value is -3.02. The van der Waals surface area contributed by atoms with Crippen LogP contribution >= 0.6 is 0 Å². The van der Waals surface area contributed by atoms with Crippen LogP contribution in [0.1, 0.15) is 0 Å². The first kappa shape index (κ1) is 17.4. The molecule has 0 fully saturated rings. The molecule has 4 rings (SSSR count). The van der Waals surface area contributed by atoms with Crippen LogP contribution < -0.4 is 29.3 Å². The van der Waals surface area contributed by atoms with Gasteiger partial charge in [-0.2, -0.15) is 0 Å². The minimum atomic E-state index is -0.552. The fourth-order valence-electron chi connectivity index (χ4n) is 2.70. The molecule has 4 aromatic rings. The Morgan fingerprint density at radius 3 is 1.59 bits per heavy atom. The normalized spacial score (nSPS) is 11.0. The van der Waals surface area contributed by atoms with Gasteiger partial charge in [0.2, 0.25) is 0 Å². The van der Waals surface area contributed by atoms with E-state index >= 15 is 0 Å². The summed E-state index contributed by atoms with van der Waals surface area (Å²) in [6.45, 7) is 0. The average Bonchev–Trinajstić information content (AvgIpc) is 2.71. The Labute approximate surface area is 159 Å². The van der Waals surface area contributed by atoms with Crippen molar-refractivity contribution in [3.63, 3.8) is 0 Å². The standard InChI is InChI=1S/C20H14O6Se/c1-23-11-3-5-13-15(7-11)25-9-17(19(13)21)27-18-10-26-16-8-12(24-2)4-6-14(16)20(18)22/h3-10H,1-2H3. The van der Waals surface area contributed by atoms with Crippen molar-refractivity contribution in [3.8, 4) is 11.5 Å². The van der Waals surface area contributed by atoms with Gasteiger partial charge in [-0.05, 0) is 0 Å². The van der Waals surface area contributed by atoms with Crippen molar-refractivity contribution in [1.29, 1.82) is 0 Å². The predicted octanol–water partition coefficient (Wildman–Crippen LogP) is 1.57. The first-order valence-corrected chi connectivity index (χ1v) is 9.69. The summed E-state index contributed by atoms with van der Waals surface area (Å²) >= 11 is -0.552. The van der Waals surface area contributed by atoms with E-state index < -0.39 is 15.0 Å². The second-order valence-electron chi connectivity index (χ2n) is 5.68. The summed E-state index contributed by atoms with van der Waals surface area (Å²) in [6.07, 6.45) is 2.81. The third-order valence-corrected chi connectivity index (χ3v) is 6.22. The summed E-state index contributed by atoms with van der Waals surface area (Å²) in [5.41, 5.74) is 0.564. The third kappa shape index (κ3) is 3.12. The van der Waals surface area contributed by atoms with E-state index in [1.54, 1.807) is 50.6 Å². The SMILES string of the molecule is COc1ccc2c(=O)c([Se]c3coc4cc(OC)ccc4c3=O)coc2c1. The summed E-state index contributed by atoms with van der Waals surface area (Å²) in [5.74, 6) is 1.21. The van der Waals surface area contributed by atoms with Gasteiger partial charge in [-0.1, -0.05) is 0 Å². The van der Waals surface area contributed by atoms with Crippen LogP contribution in [0, 0.1) is 0 Å². The van der Waals surface area contributed by atoms with Gasteiger partial charge in [0.15, 0.2) is 0 Å². The molecule has 0 amide bonds. The maximum atomic E-state index is 12.8.